The third-order valence-electron chi connectivity index (χ3n) is 3.75. The van der Waals surface area contributed by atoms with Gasteiger partial charge in [0.05, 0.1) is 0 Å². The zero-order chi connectivity index (χ0) is 12.8. The second-order valence-corrected chi connectivity index (χ2v) is 6.16. The van der Waals surface area contributed by atoms with E-state index in [1.54, 1.807) is 11.3 Å². The van der Waals surface area contributed by atoms with Crippen molar-refractivity contribution in [2.24, 2.45) is 0 Å². The van der Waals surface area contributed by atoms with Gasteiger partial charge in [-0.2, -0.15) is 0 Å². The van der Waals surface area contributed by atoms with E-state index in [1.165, 1.54) is 10.4 Å². The summed E-state index contributed by atoms with van der Waals surface area (Å²) < 4.78 is 0. The van der Waals surface area contributed by atoms with Gasteiger partial charge in [-0.3, -0.25) is 9.89 Å². The molecule has 98 valence electrons. The highest BCUT2D eigenvalue weighted by Crippen LogP contribution is 2.37. The lowest BCUT2D eigenvalue weighted by Gasteiger charge is -2.25. The van der Waals surface area contributed by atoms with Crippen LogP contribution in [-0.2, 0) is 13.0 Å². The van der Waals surface area contributed by atoms with E-state index in [-0.39, 0.29) is 5.91 Å². The Morgan fingerprint density at radius 3 is 3.21 bits per heavy atom. The Morgan fingerprint density at radius 1 is 1.47 bits per heavy atom. The SMILES string of the molecule is O=C(c1n[nH]c(C2CC2)n1)N1CCc2sccc2C1. The van der Waals surface area contributed by atoms with Crippen molar-refractivity contribution in [1.29, 1.82) is 0 Å². The maximum absolute atomic E-state index is 12.4. The van der Waals surface area contributed by atoms with Crippen LogP contribution >= 0.6 is 11.3 Å². The third-order valence-corrected chi connectivity index (χ3v) is 4.78. The second kappa shape index (κ2) is 4.16. The van der Waals surface area contributed by atoms with Crippen molar-refractivity contribution in [2.45, 2.75) is 31.7 Å². The zero-order valence-corrected chi connectivity index (χ0v) is 11.2. The van der Waals surface area contributed by atoms with Crippen molar-refractivity contribution in [3.8, 4) is 0 Å². The smallest absolute Gasteiger partial charge is 0.293 e. The van der Waals surface area contributed by atoms with Crippen LogP contribution in [0.15, 0.2) is 11.4 Å². The highest BCUT2D eigenvalue weighted by molar-refractivity contribution is 7.10. The van der Waals surface area contributed by atoms with Crippen LogP contribution in [-0.4, -0.2) is 32.5 Å². The fraction of sp³-hybridized carbons (Fsp3) is 0.462. The van der Waals surface area contributed by atoms with Crippen LogP contribution in [0, 0.1) is 0 Å². The number of aromatic nitrogens is 3. The molecule has 1 N–H and O–H groups in total. The van der Waals surface area contributed by atoms with Crippen LogP contribution in [0.3, 0.4) is 0 Å². The molecule has 1 aliphatic carbocycles. The molecule has 0 saturated heterocycles. The lowest BCUT2D eigenvalue weighted by molar-refractivity contribution is 0.0724. The lowest BCUT2D eigenvalue weighted by atomic mass is 10.1. The molecule has 0 atom stereocenters. The summed E-state index contributed by atoms with van der Waals surface area (Å²) in [6.07, 6.45) is 3.26. The number of amides is 1. The zero-order valence-electron chi connectivity index (χ0n) is 10.4. The summed E-state index contributed by atoms with van der Waals surface area (Å²) in [5.41, 5.74) is 1.27. The molecule has 1 saturated carbocycles. The van der Waals surface area contributed by atoms with Gasteiger partial charge in [0.1, 0.15) is 5.82 Å². The molecule has 4 rings (SSSR count). The Balaban J connectivity index is 1.54. The van der Waals surface area contributed by atoms with Gasteiger partial charge in [-0.05, 0) is 36.3 Å². The number of fused-ring (bicyclic) bond motifs is 1. The Kier molecular flexibility index (Phi) is 2.44. The Morgan fingerprint density at radius 2 is 2.37 bits per heavy atom. The summed E-state index contributed by atoms with van der Waals surface area (Å²) >= 11 is 1.78. The Labute approximate surface area is 114 Å². The monoisotopic (exact) mass is 274 g/mol. The van der Waals surface area contributed by atoms with Crippen LogP contribution < -0.4 is 0 Å². The van der Waals surface area contributed by atoms with E-state index < -0.39 is 0 Å². The number of hydrogen-bond acceptors (Lipinski definition) is 4. The average Bonchev–Trinajstić information content (AvgIpc) is 3.00. The quantitative estimate of drug-likeness (QED) is 0.910. The van der Waals surface area contributed by atoms with Crippen molar-refractivity contribution in [2.75, 3.05) is 6.54 Å². The molecule has 0 unspecified atom stereocenters. The van der Waals surface area contributed by atoms with Gasteiger partial charge in [0.2, 0.25) is 5.82 Å². The lowest BCUT2D eigenvalue weighted by Crippen LogP contribution is -2.36. The van der Waals surface area contributed by atoms with Gasteiger partial charge < -0.3 is 4.90 Å². The highest BCUT2D eigenvalue weighted by Gasteiger charge is 2.30. The molecule has 6 heteroatoms. The van der Waals surface area contributed by atoms with Gasteiger partial charge in [-0.25, -0.2) is 4.98 Å². The first-order valence-corrected chi connectivity index (χ1v) is 7.46. The summed E-state index contributed by atoms with van der Waals surface area (Å²) in [6, 6.07) is 2.10. The standard InChI is InChI=1S/C13H14N4OS/c18-13(12-14-11(15-16-12)8-1-2-8)17-5-3-10-9(7-17)4-6-19-10/h4,6,8H,1-3,5,7H2,(H,14,15,16). The van der Waals surface area contributed by atoms with Gasteiger partial charge in [-0.1, -0.05) is 0 Å². The first-order chi connectivity index (χ1) is 9.31. The molecule has 19 heavy (non-hydrogen) atoms. The van der Waals surface area contributed by atoms with Gasteiger partial charge >= 0.3 is 0 Å². The predicted octanol–water partition coefficient (Wildman–Crippen LogP) is 1.94. The van der Waals surface area contributed by atoms with Crippen molar-refractivity contribution < 1.29 is 4.79 Å². The van der Waals surface area contributed by atoms with Crippen molar-refractivity contribution in [3.63, 3.8) is 0 Å². The minimum absolute atomic E-state index is 0.0556. The molecular formula is C13H14N4OS. The summed E-state index contributed by atoms with van der Waals surface area (Å²) in [6.45, 7) is 1.45. The average molecular weight is 274 g/mol. The van der Waals surface area contributed by atoms with Crippen LogP contribution in [0.4, 0.5) is 0 Å². The van der Waals surface area contributed by atoms with Crippen LogP contribution in [0.2, 0.25) is 0 Å². The number of hydrogen-bond donors (Lipinski definition) is 1. The minimum atomic E-state index is -0.0556. The molecule has 2 aromatic heterocycles. The number of thiophene rings is 1. The topological polar surface area (TPSA) is 61.9 Å². The number of H-pyrrole nitrogens is 1. The Hall–Kier alpha value is -1.69. The van der Waals surface area contributed by atoms with Gasteiger partial charge in [0.15, 0.2) is 0 Å². The number of nitrogens with one attached hydrogen (secondary N) is 1. The fourth-order valence-corrected chi connectivity index (χ4v) is 3.36. The van der Waals surface area contributed by atoms with E-state index >= 15 is 0 Å². The first-order valence-electron chi connectivity index (χ1n) is 6.58. The molecular weight excluding hydrogens is 260 g/mol. The Bertz CT molecular complexity index is 628. The van der Waals surface area contributed by atoms with Crippen LogP contribution in [0.5, 0.6) is 0 Å². The van der Waals surface area contributed by atoms with Crippen LogP contribution in [0.25, 0.3) is 0 Å². The molecule has 2 aromatic rings. The molecule has 1 amide bonds. The molecule has 0 aromatic carbocycles. The molecule has 3 heterocycles. The summed E-state index contributed by atoms with van der Waals surface area (Å²) in [4.78, 5) is 20.0. The summed E-state index contributed by atoms with van der Waals surface area (Å²) in [5, 5.41) is 9.06. The van der Waals surface area contributed by atoms with Gasteiger partial charge in [0, 0.05) is 23.9 Å². The van der Waals surface area contributed by atoms with E-state index in [2.05, 4.69) is 26.6 Å². The summed E-state index contributed by atoms with van der Waals surface area (Å²) in [7, 11) is 0. The van der Waals surface area contributed by atoms with E-state index in [0.29, 0.717) is 18.3 Å². The van der Waals surface area contributed by atoms with E-state index in [4.69, 9.17) is 0 Å². The maximum atomic E-state index is 12.4. The normalized spacial score (nSPS) is 18.4. The van der Waals surface area contributed by atoms with Crippen LogP contribution in [0.1, 0.15) is 45.6 Å². The molecule has 2 aliphatic rings. The number of nitrogens with zero attached hydrogens (tertiary/aromatic N) is 3. The molecule has 5 nitrogen and oxygen atoms in total. The molecule has 0 bridgehead atoms. The molecule has 0 radical (unpaired) electrons. The highest BCUT2D eigenvalue weighted by atomic mass is 32.1. The largest absolute Gasteiger partial charge is 0.331 e. The van der Waals surface area contributed by atoms with E-state index in [0.717, 1.165) is 31.6 Å². The van der Waals surface area contributed by atoms with Crippen molar-refractivity contribution in [3.05, 3.63) is 33.5 Å². The maximum Gasteiger partial charge on any atom is 0.293 e. The number of carbonyl (C=O) groups excluding carboxylic acids is 1. The van der Waals surface area contributed by atoms with Crippen molar-refractivity contribution >= 4 is 17.2 Å². The number of rotatable bonds is 2. The van der Waals surface area contributed by atoms with Gasteiger partial charge in [0.25, 0.3) is 5.91 Å². The van der Waals surface area contributed by atoms with Crippen molar-refractivity contribution in [1.82, 2.24) is 20.1 Å². The molecule has 1 aliphatic heterocycles. The third kappa shape index (κ3) is 1.96. The fourth-order valence-electron chi connectivity index (χ4n) is 2.47. The van der Waals surface area contributed by atoms with Gasteiger partial charge in [-0.15, -0.1) is 16.4 Å². The molecule has 0 spiro atoms. The predicted molar refractivity (Wildman–Crippen MR) is 71.1 cm³/mol. The first kappa shape index (κ1) is 11.2. The van der Waals surface area contributed by atoms with E-state index in [1.807, 2.05) is 4.90 Å². The summed E-state index contributed by atoms with van der Waals surface area (Å²) in [5.74, 6) is 1.64. The van der Waals surface area contributed by atoms with E-state index in [9.17, 15) is 4.79 Å². The molecule has 1 fully saturated rings. The second-order valence-electron chi connectivity index (χ2n) is 5.16. The number of aromatic amines is 1. The number of carbonyl (C=O) groups is 1. The minimum Gasteiger partial charge on any atom is -0.331 e.